The summed E-state index contributed by atoms with van der Waals surface area (Å²) in [6, 6.07) is 0. The molecule has 0 spiro atoms. The fourth-order valence-corrected chi connectivity index (χ4v) is 2.64. The Morgan fingerprint density at radius 1 is 1.50 bits per heavy atom. The van der Waals surface area contributed by atoms with Gasteiger partial charge in [-0.1, -0.05) is 0 Å². The van der Waals surface area contributed by atoms with E-state index < -0.39 is 26.1 Å². The second-order valence-corrected chi connectivity index (χ2v) is 5.16. The Labute approximate surface area is 83.9 Å². The molecule has 0 bridgehead atoms. The van der Waals surface area contributed by atoms with Crippen LogP contribution in [0.4, 0.5) is 8.78 Å². The van der Waals surface area contributed by atoms with Crippen LogP contribution in [-0.2, 0) is 16.1 Å². The highest BCUT2D eigenvalue weighted by Gasteiger charge is 2.29. The van der Waals surface area contributed by atoms with E-state index in [9.17, 15) is 17.2 Å². The smallest absolute Gasteiger partial charge is 0.265 e. The molecule has 80 valence electrons. The molecule has 0 saturated carbocycles. The average Bonchev–Trinajstić information content (AvgIpc) is 2.23. The molecule has 1 aromatic rings. The third-order valence-electron chi connectivity index (χ3n) is 1.66. The van der Waals surface area contributed by atoms with E-state index in [-0.39, 0.29) is 5.69 Å². The van der Waals surface area contributed by atoms with Crippen LogP contribution in [0.25, 0.3) is 0 Å². The van der Waals surface area contributed by atoms with Crippen molar-refractivity contribution in [1.29, 1.82) is 0 Å². The Bertz CT molecular complexity index is 455. The Kier molecular flexibility index (Phi) is 2.82. The molecule has 0 N–H and O–H groups in total. The van der Waals surface area contributed by atoms with Crippen molar-refractivity contribution in [2.45, 2.75) is 18.2 Å². The van der Waals surface area contributed by atoms with E-state index >= 15 is 0 Å². The van der Waals surface area contributed by atoms with Gasteiger partial charge in [0.25, 0.3) is 15.5 Å². The quantitative estimate of drug-likeness (QED) is 0.743. The summed E-state index contributed by atoms with van der Waals surface area (Å²) in [5.41, 5.74) is -0.713. The molecular formula is C6H7ClF2N2O2S. The van der Waals surface area contributed by atoms with Gasteiger partial charge in [0.15, 0.2) is 0 Å². The van der Waals surface area contributed by atoms with Gasteiger partial charge in [-0.3, -0.25) is 4.68 Å². The molecule has 0 radical (unpaired) electrons. The number of hydrogen-bond acceptors (Lipinski definition) is 3. The maximum atomic E-state index is 12.4. The Balaban J connectivity index is 3.57. The SMILES string of the molecule is Cc1nn(C)c(C(F)F)c1S(=O)(=O)Cl. The van der Waals surface area contributed by atoms with Crippen molar-refractivity contribution in [3.05, 3.63) is 11.4 Å². The highest BCUT2D eigenvalue weighted by Crippen LogP contribution is 2.30. The second kappa shape index (κ2) is 3.47. The van der Waals surface area contributed by atoms with Crippen molar-refractivity contribution in [3.8, 4) is 0 Å². The van der Waals surface area contributed by atoms with Crippen LogP contribution in [0, 0.1) is 6.92 Å². The molecule has 1 rings (SSSR count). The molecule has 4 nitrogen and oxygen atoms in total. The molecule has 8 heteroatoms. The van der Waals surface area contributed by atoms with Gasteiger partial charge in [0.2, 0.25) is 0 Å². The van der Waals surface area contributed by atoms with E-state index in [1.807, 2.05) is 0 Å². The summed E-state index contributed by atoms with van der Waals surface area (Å²) in [4.78, 5) is -0.600. The summed E-state index contributed by atoms with van der Waals surface area (Å²) in [6.07, 6.45) is -2.93. The lowest BCUT2D eigenvalue weighted by molar-refractivity contribution is 0.137. The minimum Gasteiger partial charge on any atom is -0.265 e. The predicted molar refractivity (Wildman–Crippen MR) is 45.9 cm³/mol. The number of hydrogen-bond donors (Lipinski definition) is 0. The molecule has 1 aromatic heterocycles. The van der Waals surface area contributed by atoms with Crippen molar-refractivity contribution in [2.75, 3.05) is 0 Å². The average molecular weight is 245 g/mol. The van der Waals surface area contributed by atoms with E-state index in [1.165, 1.54) is 14.0 Å². The molecule has 0 aliphatic heterocycles. The van der Waals surface area contributed by atoms with Crippen LogP contribution in [0.5, 0.6) is 0 Å². The largest absolute Gasteiger partial charge is 0.281 e. The first-order valence-corrected chi connectivity index (χ1v) is 5.82. The van der Waals surface area contributed by atoms with Crippen LogP contribution < -0.4 is 0 Å². The van der Waals surface area contributed by atoms with E-state index in [1.54, 1.807) is 0 Å². The maximum Gasteiger partial charge on any atom is 0.281 e. The van der Waals surface area contributed by atoms with Crippen LogP contribution >= 0.6 is 10.7 Å². The Morgan fingerprint density at radius 3 is 2.29 bits per heavy atom. The van der Waals surface area contributed by atoms with Crippen LogP contribution in [0.15, 0.2) is 4.90 Å². The van der Waals surface area contributed by atoms with Crippen molar-refractivity contribution < 1.29 is 17.2 Å². The van der Waals surface area contributed by atoms with E-state index in [0.29, 0.717) is 0 Å². The fourth-order valence-electron chi connectivity index (χ4n) is 1.20. The molecule has 0 unspecified atom stereocenters. The molecule has 0 aliphatic carbocycles. The number of aromatic nitrogens is 2. The molecule has 0 amide bonds. The van der Waals surface area contributed by atoms with Gasteiger partial charge < -0.3 is 0 Å². The zero-order chi connectivity index (χ0) is 11.1. The topological polar surface area (TPSA) is 52.0 Å². The van der Waals surface area contributed by atoms with Gasteiger partial charge in [0, 0.05) is 17.7 Å². The van der Waals surface area contributed by atoms with Gasteiger partial charge in [-0.25, -0.2) is 17.2 Å². The highest BCUT2D eigenvalue weighted by molar-refractivity contribution is 8.13. The molecule has 0 atom stereocenters. The molecule has 0 fully saturated rings. The summed E-state index contributed by atoms with van der Waals surface area (Å²) in [5.74, 6) is 0. The maximum absolute atomic E-state index is 12.4. The predicted octanol–water partition coefficient (Wildman–Crippen LogP) is 1.59. The number of alkyl halides is 2. The lowest BCUT2D eigenvalue weighted by Crippen LogP contribution is -2.02. The van der Waals surface area contributed by atoms with Gasteiger partial charge in [-0.15, -0.1) is 0 Å². The third kappa shape index (κ3) is 1.88. The van der Waals surface area contributed by atoms with E-state index in [2.05, 4.69) is 5.10 Å². The van der Waals surface area contributed by atoms with Gasteiger partial charge in [0.05, 0.1) is 5.69 Å². The third-order valence-corrected chi connectivity index (χ3v) is 3.12. The van der Waals surface area contributed by atoms with E-state index in [4.69, 9.17) is 10.7 Å². The van der Waals surface area contributed by atoms with Crippen LogP contribution in [0.3, 0.4) is 0 Å². The number of aryl methyl sites for hydroxylation is 2. The highest BCUT2D eigenvalue weighted by atomic mass is 35.7. The van der Waals surface area contributed by atoms with E-state index in [0.717, 1.165) is 4.68 Å². The van der Waals surface area contributed by atoms with Crippen LogP contribution in [-0.4, -0.2) is 18.2 Å². The standard InChI is InChI=1S/C6H7ClF2N2O2S/c1-3-5(14(7,12)13)4(6(8)9)11(2)10-3/h6H,1-2H3. The number of nitrogens with zero attached hydrogens (tertiary/aromatic N) is 2. The number of rotatable bonds is 2. The van der Waals surface area contributed by atoms with Gasteiger partial charge in [-0.2, -0.15) is 5.10 Å². The zero-order valence-electron chi connectivity index (χ0n) is 7.33. The van der Waals surface area contributed by atoms with Gasteiger partial charge in [-0.05, 0) is 6.92 Å². The summed E-state index contributed by atoms with van der Waals surface area (Å²) >= 11 is 0. The first-order valence-electron chi connectivity index (χ1n) is 3.51. The fraction of sp³-hybridized carbons (Fsp3) is 0.500. The minimum absolute atomic E-state index is 0.0298. The molecule has 14 heavy (non-hydrogen) atoms. The molecule has 0 aliphatic rings. The van der Waals surface area contributed by atoms with Crippen LogP contribution in [0.2, 0.25) is 0 Å². The summed E-state index contributed by atoms with van der Waals surface area (Å²) in [7, 11) is 2.07. The Morgan fingerprint density at radius 2 is 2.00 bits per heavy atom. The summed E-state index contributed by atoms with van der Waals surface area (Å²) in [5, 5.41) is 3.57. The lowest BCUT2D eigenvalue weighted by atomic mass is 10.4. The normalized spacial score (nSPS) is 12.4. The Hall–Kier alpha value is -0.690. The van der Waals surface area contributed by atoms with Crippen molar-refractivity contribution >= 4 is 19.7 Å². The van der Waals surface area contributed by atoms with Gasteiger partial charge >= 0.3 is 0 Å². The summed E-state index contributed by atoms with van der Waals surface area (Å²) < 4.78 is 47.7. The monoisotopic (exact) mass is 244 g/mol. The first-order chi connectivity index (χ1) is 6.25. The van der Waals surface area contributed by atoms with Crippen molar-refractivity contribution in [3.63, 3.8) is 0 Å². The molecular weight excluding hydrogens is 238 g/mol. The van der Waals surface area contributed by atoms with Crippen molar-refractivity contribution in [1.82, 2.24) is 9.78 Å². The molecule has 1 heterocycles. The van der Waals surface area contributed by atoms with Gasteiger partial charge in [0.1, 0.15) is 10.6 Å². The summed E-state index contributed by atoms with van der Waals surface area (Å²) in [6.45, 7) is 1.31. The minimum atomic E-state index is -4.18. The first kappa shape index (κ1) is 11.4. The second-order valence-electron chi connectivity index (χ2n) is 2.66. The van der Waals surface area contributed by atoms with Crippen molar-refractivity contribution in [2.24, 2.45) is 7.05 Å². The van der Waals surface area contributed by atoms with Crippen LogP contribution in [0.1, 0.15) is 17.8 Å². The number of halogens is 3. The lowest BCUT2D eigenvalue weighted by Gasteiger charge is -2.01. The molecule has 0 saturated heterocycles. The molecule has 0 aromatic carbocycles. The zero-order valence-corrected chi connectivity index (χ0v) is 8.90.